The van der Waals surface area contributed by atoms with Gasteiger partial charge >= 0.3 is 0 Å². The van der Waals surface area contributed by atoms with Gasteiger partial charge in [0.25, 0.3) is 5.91 Å². The van der Waals surface area contributed by atoms with Crippen molar-refractivity contribution in [2.24, 2.45) is 5.92 Å². The van der Waals surface area contributed by atoms with Gasteiger partial charge in [0.2, 0.25) is 0 Å². The van der Waals surface area contributed by atoms with Crippen molar-refractivity contribution in [1.82, 2.24) is 5.06 Å². The summed E-state index contributed by atoms with van der Waals surface area (Å²) in [6.45, 7) is 8.22. The van der Waals surface area contributed by atoms with Crippen LogP contribution in [0.3, 0.4) is 0 Å². The highest BCUT2D eigenvalue weighted by Gasteiger charge is 2.28. The molecule has 3 heteroatoms. The molecule has 0 aliphatic rings. The van der Waals surface area contributed by atoms with Gasteiger partial charge in [-0.3, -0.25) is 9.63 Å². The number of amides is 1. The normalized spacial score (nSPS) is 12.6. The average molecular weight is 249 g/mol. The van der Waals surface area contributed by atoms with E-state index >= 15 is 0 Å². The van der Waals surface area contributed by atoms with Crippen LogP contribution in [0, 0.1) is 19.8 Å². The first-order valence-corrected chi connectivity index (χ1v) is 6.27. The Kier molecular flexibility index (Phi) is 4.91. The van der Waals surface area contributed by atoms with Crippen molar-refractivity contribution in [3.8, 4) is 0 Å². The fraction of sp³-hybridized carbons (Fsp3) is 0.533. The monoisotopic (exact) mass is 249 g/mol. The highest BCUT2D eigenvalue weighted by Crippen LogP contribution is 2.29. The number of hydrogen-bond donors (Lipinski definition) is 0. The van der Waals surface area contributed by atoms with Gasteiger partial charge in [-0.25, -0.2) is 5.06 Å². The number of carbonyl (C=O) groups is 1. The summed E-state index contributed by atoms with van der Waals surface area (Å²) in [5.74, 6) is 0.0756. The molecule has 1 aromatic carbocycles. The minimum Gasteiger partial charge on any atom is -0.275 e. The molecule has 100 valence electrons. The van der Waals surface area contributed by atoms with E-state index in [1.54, 1.807) is 7.05 Å². The van der Waals surface area contributed by atoms with E-state index in [0.717, 1.165) is 11.1 Å². The van der Waals surface area contributed by atoms with E-state index in [-0.39, 0.29) is 17.7 Å². The van der Waals surface area contributed by atoms with Crippen molar-refractivity contribution >= 4 is 5.91 Å². The van der Waals surface area contributed by atoms with Crippen molar-refractivity contribution in [2.75, 3.05) is 14.2 Å². The van der Waals surface area contributed by atoms with Crippen LogP contribution in [0.2, 0.25) is 0 Å². The van der Waals surface area contributed by atoms with E-state index in [0.29, 0.717) is 0 Å². The molecule has 0 aromatic heterocycles. The lowest BCUT2D eigenvalue weighted by atomic mass is 9.84. The van der Waals surface area contributed by atoms with E-state index in [1.165, 1.54) is 17.7 Å². The van der Waals surface area contributed by atoms with Crippen LogP contribution in [0.25, 0.3) is 0 Å². The van der Waals surface area contributed by atoms with Crippen molar-refractivity contribution in [3.05, 3.63) is 34.9 Å². The lowest BCUT2D eigenvalue weighted by Gasteiger charge is -2.26. The third kappa shape index (κ3) is 3.10. The molecule has 0 fully saturated rings. The number of benzene rings is 1. The van der Waals surface area contributed by atoms with Crippen LogP contribution in [0.1, 0.15) is 36.5 Å². The summed E-state index contributed by atoms with van der Waals surface area (Å²) < 4.78 is 0. The van der Waals surface area contributed by atoms with Crippen LogP contribution in [0.15, 0.2) is 18.2 Å². The van der Waals surface area contributed by atoms with Crippen LogP contribution < -0.4 is 0 Å². The molecule has 1 amide bonds. The second-order valence-corrected chi connectivity index (χ2v) is 5.10. The molecule has 0 heterocycles. The van der Waals surface area contributed by atoms with E-state index in [2.05, 4.69) is 32.0 Å². The van der Waals surface area contributed by atoms with Gasteiger partial charge in [0, 0.05) is 7.05 Å². The van der Waals surface area contributed by atoms with Gasteiger partial charge in [-0.2, -0.15) is 0 Å². The minimum atomic E-state index is -0.158. The molecule has 1 rings (SSSR count). The standard InChI is InChI=1S/C15H23NO2/c1-10(2)14(15(17)16(5)18-6)13-9-11(3)7-8-12(13)4/h7-10,14H,1-6H3. The van der Waals surface area contributed by atoms with Crippen molar-refractivity contribution in [3.63, 3.8) is 0 Å². The molecule has 0 aliphatic heterocycles. The molecule has 0 saturated carbocycles. The summed E-state index contributed by atoms with van der Waals surface area (Å²) >= 11 is 0. The maximum atomic E-state index is 12.4. The fourth-order valence-corrected chi connectivity index (χ4v) is 2.16. The number of nitrogens with zero attached hydrogens (tertiary/aromatic N) is 1. The van der Waals surface area contributed by atoms with Crippen LogP contribution in [0.4, 0.5) is 0 Å². The molecule has 3 nitrogen and oxygen atoms in total. The number of carbonyl (C=O) groups excluding carboxylic acids is 1. The largest absolute Gasteiger partial charge is 0.275 e. The van der Waals surface area contributed by atoms with Gasteiger partial charge in [0.15, 0.2) is 0 Å². The Morgan fingerprint density at radius 3 is 2.39 bits per heavy atom. The molecular weight excluding hydrogens is 226 g/mol. The number of hydrogen-bond acceptors (Lipinski definition) is 2. The lowest BCUT2D eigenvalue weighted by Crippen LogP contribution is -2.33. The molecule has 18 heavy (non-hydrogen) atoms. The Morgan fingerprint density at radius 2 is 1.89 bits per heavy atom. The van der Waals surface area contributed by atoms with Crippen LogP contribution in [0.5, 0.6) is 0 Å². The summed E-state index contributed by atoms with van der Waals surface area (Å²) in [4.78, 5) is 17.4. The van der Waals surface area contributed by atoms with Crippen molar-refractivity contribution in [2.45, 2.75) is 33.6 Å². The average Bonchev–Trinajstić information content (AvgIpc) is 2.32. The molecule has 1 aromatic rings. The third-order valence-electron chi connectivity index (χ3n) is 3.29. The molecule has 0 spiro atoms. The van der Waals surface area contributed by atoms with Crippen molar-refractivity contribution < 1.29 is 9.63 Å². The number of likely N-dealkylation sites (N-methyl/N-ethyl adjacent to an activating group) is 1. The second-order valence-electron chi connectivity index (χ2n) is 5.10. The molecule has 0 radical (unpaired) electrons. The van der Waals surface area contributed by atoms with E-state index < -0.39 is 0 Å². The fourth-order valence-electron chi connectivity index (χ4n) is 2.16. The van der Waals surface area contributed by atoms with Gasteiger partial charge < -0.3 is 0 Å². The Morgan fingerprint density at radius 1 is 1.28 bits per heavy atom. The summed E-state index contributed by atoms with van der Waals surface area (Å²) in [5.41, 5.74) is 3.42. The number of rotatable bonds is 4. The first kappa shape index (κ1) is 14.7. The molecule has 0 aliphatic carbocycles. The Balaban J connectivity index is 3.20. The molecule has 0 saturated heterocycles. The Hall–Kier alpha value is -1.35. The van der Waals surface area contributed by atoms with Crippen molar-refractivity contribution in [1.29, 1.82) is 0 Å². The van der Waals surface area contributed by atoms with Crippen LogP contribution >= 0.6 is 0 Å². The lowest BCUT2D eigenvalue weighted by molar-refractivity contribution is -0.171. The SMILES string of the molecule is CON(C)C(=O)C(c1cc(C)ccc1C)C(C)C. The zero-order valence-corrected chi connectivity index (χ0v) is 12.2. The zero-order chi connectivity index (χ0) is 13.9. The zero-order valence-electron chi connectivity index (χ0n) is 12.2. The highest BCUT2D eigenvalue weighted by atomic mass is 16.7. The first-order chi connectivity index (χ1) is 8.38. The quantitative estimate of drug-likeness (QED) is 0.767. The predicted molar refractivity (Wildman–Crippen MR) is 73.3 cm³/mol. The minimum absolute atomic E-state index is 0.00111. The summed E-state index contributed by atoms with van der Waals surface area (Å²) in [7, 11) is 3.17. The summed E-state index contributed by atoms with van der Waals surface area (Å²) in [5, 5.41) is 1.31. The van der Waals surface area contributed by atoms with Gasteiger partial charge in [0.1, 0.15) is 0 Å². The highest BCUT2D eigenvalue weighted by molar-refractivity contribution is 5.83. The van der Waals surface area contributed by atoms with Crippen LogP contribution in [-0.2, 0) is 9.63 Å². The topological polar surface area (TPSA) is 29.5 Å². The number of aryl methyl sites for hydroxylation is 2. The maximum Gasteiger partial charge on any atom is 0.253 e. The van der Waals surface area contributed by atoms with E-state index in [1.807, 2.05) is 13.8 Å². The predicted octanol–water partition coefficient (Wildman–Crippen LogP) is 3.06. The maximum absolute atomic E-state index is 12.4. The van der Waals surface area contributed by atoms with Gasteiger partial charge in [-0.05, 0) is 30.9 Å². The Labute approximate surface area is 110 Å². The molecule has 1 atom stereocenters. The van der Waals surface area contributed by atoms with Crippen LogP contribution in [-0.4, -0.2) is 25.1 Å². The first-order valence-electron chi connectivity index (χ1n) is 6.27. The Bertz CT molecular complexity index is 427. The molecule has 0 bridgehead atoms. The summed E-state index contributed by atoms with van der Waals surface area (Å²) in [6, 6.07) is 6.24. The number of hydroxylamine groups is 2. The third-order valence-corrected chi connectivity index (χ3v) is 3.29. The van der Waals surface area contributed by atoms with Gasteiger partial charge in [-0.1, -0.05) is 37.6 Å². The van der Waals surface area contributed by atoms with Gasteiger partial charge in [-0.15, -0.1) is 0 Å². The molecule has 1 unspecified atom stereocenters. The van der Waals surface area contributed by atoms with Gasteiger partial charge in [0.05, 0.1) is 13.0 Å². The van der Waals surface area contributed by atoms with E-state index in [9.17, 15) is 4.79 Å². The van der Waals surface area contributed by atoms with E-state index in [4.69, 9.17) is 4.84 Å². The molecular formula is C15H23NO2. The second kappa shape index (κ2) is 6.01. The molecule has 0 N–H and O–H groups in total. The smallest absolute Gasteiger partial charge is 0.253 e. The summed E-state index contributed by atoms with van der Waals surface area (Å²) in [6.07, 6.45) is 0.